The van der Waals surface area contributed by atoms with E-state index in [2.05, 4.69) is 19.8 Å². The highest BCUT2D eigenvalue weighted by Gasteiger charge is 2.24. The lowest BCUT2D eigenvalue weighted by atomic mass is 10.2. The van der Waals surface area contributed by atoms with Gasteiger partial charge in [-0.3, -0.25) is 4.72 Å². The van der Waals surface area contributed by atoms with Crippen LogP contribution in [0.4, 0.5) is 5.69 Å². The highest BCUT2D eigenvalue weighted by atomic mass is 35.5. The predicted octanol–water partition coefficient (Wildman–Crippen LogP) is 3.19. The number of nitrogens with one attached hydrogen (secondary N) is 1. The number of aromatic nitrogens is 4. The molecule has 3 aromatic rings. The molecule has 3 rings (SSSR count). The lowest BCUT2D eigenvalue weighted by molar-refractivity contribution is 0.592. The molecule has 0 atom stereocenters. The molecule has 11 heteroatoms. The van der Waals surface area contributed by atoms with E-state index in [1.54, 1.807) is 19.1 Å². The fraction of sp³-hybridized carbons (Fsp3) is 0.0833. The lowest BCUT2D eigenvalue weighted by Crippen LogP contribution is -2.15. The molecule has 1 aromatic carbocycles. The van der Waals surface area contributed by atoms with Gasteiger partial charge in [0.25, 0.3) is 21.0 Å². The van der Waals surface area contributed by atoms with Crippen LogP contribution in [0.25, 0.3) is 5.78 Å². The minimum absolute atomic E-state index is 0.0678. The maximum atomic E-state index is 12.4. The molecule has 0 fully saturated rings. The van der Waals surface area contributed by atoms with Crippen LogP contribution in [-0.2, 0) is 10.0 Å². The summed E-state index contributed by atoms with van der Waals surface area (Å²) < 4.78 is 28.3. The van der Waals surface area contributed by atoms with Crippen molar-refractivity contribution < 1.29 is 8.42 Å². The standard InChI is InChI=1S/C12H8Cl3N5O2S/c1-6-2-3-8(14)10(9(6)15)19-23(21,22)12-17-11-16-4-7(13)5-20(11)18-12/h2-5,19H,1H3. The Labute approximate surface area is 146 Å². The zero-order chi connectivity index (χ0) is 16.8. The Morgan fingerprint density at radius 3 is 2.70 bits per heavy atom. The molecule has 0 unspecified atom stereocenters. The number of halogens is 3. The molecule has 0 radical (unpaired) electrons. The van der Waals surface area contributed by atoms with Gasteiger partial charge < -0.3 is 0 Å². The highest BCUT2D eigenvalue weighted by molar-refractivity contribution is 7.92. The van der Waals surface area contributed by atoms with Crippen LogP contribution in [0.1, 0.15) is 5.56 Å². The van der Waals surface area contributed by atoms with Crippen LogP contribution in [0.2, 0.25) is 15.1 Å². The van der Waals surface area contributed by atoms with Crippen LogP contribution in [0, 0.1) is 6.92 Å². The Bertz CT molecular complexity index is 1020. The first-order chi connectivity index (χ1) is 10.8. The van der Waals surface area contributed by atoms with Gasteiger partial charge in [0.2, 0.25) is 0 Å². The summed E-state index contributed by atoms with van der Waals surface area (Å²) in [7, 11) is -4.09. The maximum absolute atomic E-state index is 12.4. The summed E-state index contributed by atoms with van der Waals surface area (Å²) in [5.74, 6) is 0.0937. The third kappa shape index (κ3) is 3.07. The number of nitrogens with zero attached hydrogens (tertiary/aromatic N) is 4. The number of hydrogen-bond donors (Lipinski definition) is 1. The second kappa shape index (κ2) is 5.79. The third-order valence-electron chi connectivity index (χ3n) is 2.90. The van der Waals surface area contributed by atoms with E-state index < -0.39 is 15.2 Å². The van der Waals surface area contributed by atoms with Crippen LogP contribution in [0.3, 0.4) is 0 Å². The number of aryl methyl sites for hydroxylation is 1. The average Bonchev–Trinajstić information content (AvgIpc) is 2.91. The number of anilines is 1. The van der Waals surface area contributed by atoms with E-state index in [1.165, 1.54) is 12.4 Å². The van der Waals surface area contributed by atoms with Gasteiger partial charge in [0, 0.05) is 0 Å². The van der Waals surface area contributed by atoms with Gasteiger partial charge in [-0.25, -0.2) is 9.50 Å². The van der Waals surface area contributed by atoms with E-state index in [-0.39, 0.29) is 21.5 Å². The Morgan fingerprint density at radius 2 is 1.96 bits per heavy atom. The van der Waals surface area contributed by atoms with Gasteiger partial charge in [0.1, 0.15) is 0 Å². The largest absolute Gasteiger partial charge is 0.299 e. The smallest absolute Gasteiger partial charge is 0.274 e. The number of benzene rings is 1. The Morgan fingerprint density at radius 1 is 1.22 bits per heavy atom. The van der Waals surface area contributed by atoms with Crippen molar-refractivity contribution in [3.63, 3.8) is 0 Å². The predicted molar refractivity (Wildman–Crippen MR) is 87.8 cm³/mol. The molecular weight excluding hydrogens is 385 g/mol. The topological polar surface area (TPSA) is 89.2 Å². The molecular formula is C12H8Cl3N5O2S. The normalized spacial score (nSPS) is 11.8. The third-order valence-corrected chi connectivity index (χ3v) is 5.03. The molecule has 0 saturated heterocycles. The summed E-state index contributed by atoms with van der Waals surface area (Å²) in [5, 5.41) is 4.03. The Hall–Kier alpha value is -1.61. The van der Waals surface area contributed by atoms with Gasteiger partial charge >= 0.3 is 0 Å². The molecule has 120 valence electrons. The van der Waals surface area contributed by atoms with Gasteiger partial charge in [-0.1, -0.05) is 40.9 Å². The fourth-order valence-corrected chi connectivity index (χ4v) is 3.47. The minimum Gasteiger partial charge on any atom is -0.274 e. The van der Waals surface area contributed by atoms with Crippen LogP contribution in [0.15, 0.2) is 29.7 Å². The first-order valence-corrected chi connectivity index (χ1v) is 8.75. The molecule has 2 aromatic heterocycles. The van der Waals surface area contributed by atoms with Gasteiger partial charge in [0.15, 0.2) is 0 Å². The van der Waals surface area contributed by atoms with Crippen molar-refractivity contribution in [1.29, 1.82) is 0 Å². The summed E-state index contributed by atoms with van der Waals surface area (Å²) in [6, 6.07) is 3.22. The van der Waals surface area contributed by atoms with E-state index in [1.807, 2.05) is 0 Å². The van der Waals surface area contributed by atoms with Gasteiger partial charge in [0.05, 0.1) is 33.1 Å². The van der Waals surface area contributed by atoms with Crippen molar-refractivity contribution in [3.8, 4) is 0 Å². The molecule has 2 heterocycles. The molecule has 7 nitrogen and oxygen atoms in total. The number of rotatable bonds is 3. The quantitative estimate of drug-likeness (QED) is 0.739. The van der Waals surface area contributed by atoms with Crippen molar-refractivity contribution in [2.75, 3.05) is 4.72 Å². The molecule has 1 N–H and O–H groups in total. The van der Waals surface area contributed by atoms with Gasteiger partial charge in [-0.05, 0) is 18.6 Å². The minimum atomic E-state index is -4.09. The number of sulfonamides is 1. The van der Waals surface area contributed by atoms with Gasteiger partial charge in [-0.15, -0.1) is 5.10 Å². The second-order valence-electron chi connectivity index (χ2n) is 4.57. The second-order valence-corrected chi connectivity index (χ2v) is 7.37. The number of fused-ring (bicyclic) bond motifs is 1. The first kappa shape index (κ1) is 16.3. The lowest BCUT2D eigenvalue weighted by Gasteiger charge is -2.10. The Balaban J connectivity index is 2.06. The van der Waals surface area contributed by atoms with Crippen molar-refractivity contribution in [1.82, 2.24) is 19.6 Å². The van der Waals surface area contributed by atoms with E-state index in [0.717, 1.165) is 4.52 Å². The summed E-state index contributed by atoms with van der Waals surface area (Å²) in [5.41, 5.74) is 0.739. The van der Waals surface area contributed by atoms with E-state index >= 15 is 0 Å². The summed E-state index contributed by atoms with van der Waals surface area (Å²) >= 11 is 17.9. The summed E-state index contributed by atoms with van der Waals surface area (Å²) in [6.45, 7) is 1.73. The molecule has 0 aliphatic heterocycles. The molecule has 0 aliphatic carbocycles. The van der Waals surface area contributed by atoms with Crippen LogP contribution in [-0.4, -0.2) is 28.0 Å². The van der Waals surface area contributed by atoms with Crippen molar-refractivity contribution in [3.05, 3.63) is 45.2 Å². The molecule has 0 spiro atoms. The van der Waals surface area contributed by atoms with Crippen molar-refractivity contribution in [2.24, 2.45) is 0 Å². The molecule has 0 bridgehead atoms. The fourth-order valence-electron chi connectivity index (χ4n) is 1.78. The molecule has 0 aliphatic rings. The zero-order valence-electron chi connectivity index (χ0n) is 11.5. The van der Waals surface area contributed by atoms with E-state index in [9.17, 15) is 8.42 Å². The average molecular weight is 393 g/mol. The van der Waals surface area contributed by atoms with Crippen molar-refractivity contribution >= 4 is 56.3 Å². The van der Waals surface area contributed by atoms with Crippen molar-refractivity contribution in [2.45, 2.75) is 12.1 Å². The first-order valence-electron chi connectivity index (χ1n) is 6.13. The van der Waals surface area contributed by atoms with E-state index in [4.69, 9.17) is 34.8 Å². The SMILES string of the molecule is Cc1ccc(Cl)c(NS(=O)(=O)c2nc3ncc(Cl)cn3n2)c1Cl. The zero-order valence-corrected chi connectivity index (χ0v) is 14.5. The van der Waals surface area contributed by atoms with Crippen LogP contribution < -0.4 is 4.72 Å². The van der Waals surface area contributed by atoms with Crippen LogP contribution in [0.5, 0.6) is 0 Å². The highest BCUT2D eigenvalue weighted by Crippen LogP contribution is 2.34. The molecule has 23 heavy (non-hydrogen) atoms. The molecule has 0 amide bonds. The van der Waals surface area contributed by atoms with E-state index in [0.29, 0.717) is 10.6 Å². The monoisotopic (exact) mass is 391 g/mol. The Kier molecular flexibility index (Phi) is 4.09. The van der Waals surface area contributed by atoms with Crippen LogP contribution >= 0.6 is 34.8 Å². The summed E-state index contributed by atoms with van der Waals surface area (Å²) in [6.07, 6.45) is 2.73. The summed E-state index contributed by atoms with van der Waals surface area (Å²) in [4.78, 5) is 7.73. The maximum Gasteiger partial charge on any atom is 0.299 e. The number of hydrogen-bond acceptors (Lipinski definition) is 5. The van der Waals surface area contributed by atoms with Gasteiger partial charge in [-0.2, -0.15) is 13.4 Å². The molecule has 0 saturated carbocycles.